The third kappa shape index (κ3) is 4.54. The van der Waals surface area contributed by atoms with E-state index in [9.17, 15) is 4.79 Å². The number of aromatic nitrogens is 1. The fourth-order valence-corrected chi connectivity index (χ4v) is 3.78. The maximum Gasteiger partial charge on any atom is 0.222 e. The predicted octanol–water partition coefficient (Wildman–Crippen LogP) is 2.02. The minimum atomic E-state index is 0.315. The number of rotatable bonds is 6. The molecule has 0 aromatic carbocycles. The van der Waals surface area contributed by atoms with Crippen molar-refractivity contribution >= 4 is 5.91 Å². The molecule has 132 valence electrons. The highest BCUT2D eigenvalue weighted by Crippen LogP contribution is 2.21. The largest absolute Gasteiger partial charge is 0.379 e. The van der Waals surface area contributed by atoms with Gasteiger partial charge in [-0.25, -0.2) is 0 Å². The minimum absolute atomic E-state index is 0.315. The molecule has 1 N–H and O–H groups in total. The highest BCUT2D eigenvalue weighted by atomic mass is 16.5. The molecule has 1 amide bonds. The first-order valence-corrected chi connectivity index (χ1v) is 9.26. The summed E-state index contributed by atoms with van der Waals surface area (Å²) in [4.78, 5) is 18.1. The van der Waals surface area contributed by atoms with Gasteiger partial charge in [-0.05, 0) is 43.4 Å². The van der Waals surface area contributed by atoms with E-state index >= 15 is 0 Å². The second kappa shape index (κ2) is 8.58. The van der Waals surface area contributed by atoms with Gasteiger partial charge in [-0.3, -0.25) is 9.78 Å². The summed E-state index contributed by atoms with van der Waals surface area (Å²) >= 11 is 0. The maximum atomic E-state index is 12.0. The Hall–Kier alpha value is -1.46. The molecule has 0 aliphatic carbocycles. The minimum Gasteiger partial charge on any atom is -0.379 e. The zero-order valence-corrected chi connectivity index (χ0v) is 14.6. The molecule has 24 heavy (non-hydrogen) atoms. The summed E-state index contributed by atoms with van der Waals surface area (Å²) in [6.07, 6.45) is 8.47. The van der Waals surface area contributed by atoms with Crippen LogP contribution >= 0.6 is 0 Å². The number of nitrogens with one attached hydrogen (secondary N) is 1. The van der Waals surface area contributed by atoms with Gasteiger partial charge in [-0.2, -0.15) is 0 Å². The van der Waals surface area contributed by atoms with E-state index in [0.717, 1.165) is 52.0 Å². The number of nitrogens with zero attached hydrogens (tertiary/aromatic N) is 2. The van der Waals surface area contributed by atoms with Gasteiger partial charge < -0.3 is 15.0 Å². The smallest absolute Gasteiger partial charge is 0.222 e. The number of carbonyl (C=O) groups excluding carboxylic acids is 1. The van der Waals surface area contributed by atoms with Gasteiger partial charge in [0, 0.05) is 49.9 Å². The second-order valence-corrected chi connectivity index (χ2v) is 7.04. The molecule has 2 saturated heterocycles. The number of pyridine rings is 1. The van der Waals surface area contributed by atoms with Crippen molar-refractivity contribution in [1.29, 1.82) is 0 Å². The normalized spacial score (nSPS) is 25.1. The van der Waals surface area contributed by atoms with Crippen LogP contribution in [0.2, 0.25) is 0 Å². The molecule has 0 radical (unpaired) electrons. The molecule has 5 nitrogen and oxygen atoms in total. The van der Waals surface area contributed by atoms with Crippen molar-refractivity contribution in [2.45, 2.75) is 51.1 Å². The summed E-state index contributed by atoms with van der Waals surface area (Å²) in [5.74, 6) is 0.836. The van der Waals surface area contributed by atoms with E-state index in [1.807, 2.05) is 17.3 Å². The molecule has 2 aliphatic heterocycles. The van der Waals surface area contributed by atoms with Gasteiger partial charge >= 0.3 is 0 Å². The lowest BCUT2D eigenvalue weighted by atomic mass is 9.93. The highest BCUT2D eigenvalue weighted by Gasteiger charge is 2.31. The first-order chi connectivity index (χ1) is 11.8. The van der Waals surface area contributed by atoms with Crippen molar-refractivity contribution in [3.8, 4) is 0 Å². The Morgan fingerprint density at radius 2 is 2.04 bits per heavy atom. The lowest BCUT2D eigenvalue weighted by Crippen LogP contribution is -2.49. The SMILES string of the molecule is CCCC(=O)N1CCC(N[C@H]2COC[C@H]2Cc2ccncc2)CC1. The molecule has 3 heterocycles. The Bertz CT molecular complexity index is 515. The molecule has 0 saturated carbocycles. The molecule has 2 aliphatic rings. The van der Waals surface area contributed by atoms with E-state index in [1.54, 1.807) is 0 Å². The van der Waals surface area contributed by atoms with Crippen molar-refractivity contribution in [3.05, 3.63) is 30.1 Å². The van der Waals surface area contributed by atoms with Crippen LogP contribution in [0, 0.1) is 5.92 Å². The van der Waals surface area contributed by atoms with Crippen LogP contribution in [0.4, 0.5) is 0 Å². The summed E-state index contributed by atoms with van der Waals surface area (Å²) in [7, 11) is 0. The monoisotopic (exact) mass is 331 g/mol. The lowest BCUT2D eigenvalue weighted by Gasteiger charge is -2.34. The van der Waals surface area contributed by atoms with Crippen LogP contribution in [-0.2, 0) is 16.0 Å². The summed E-state index contributed by atoms with van der Waals surface area (Å²) in [6, 6.07) is 5.10. The number of hydrogen-bond acceptors (Lipinski definition) is 4. The van der Waals surface area contributed by atoms with Gasteiger partial charge in [-0.1, -0.05) is 6.92 Å². The maximum absolute atomic E-state index is 12.0. The van der Waals surface area contributed by atoms with E-state index in [0.29, 0.717) is 30.3 Å². The summed E-state index contributed by atoms with van der Waals surface area (Å²) in [6.45, 7) is 5.46. The topological polar surface area (TPSA) is 54.5 Å². The van der Waals surface area contributed by atoms with Crippen LogP contribution in [0.5, 0.6) is 0 Å². The van der Waals surface area contributed by atoms with Gasteiger partial charge in [0.25, 0.3) is 0 Å². The first-order valence-electron chi connectivity index (χ1n) is 9.26. The molecule has 1 aromatic rings. The summed E-state index contributed by atoms with van der Waals surface area (Å²) in [5.41, 5.74) is 1.33. The number of piperidine rings is 1. The van der Waals surface area contributed by atoms with E-state index in [1.165, 1.54) is 5.56 Å². The van der Waals surface area contributed by atoms with Crippen molar-refractivity contribution < 1.29 is 9.53 Å². The third-order valence-electron chi connectivity index (χ3n) is 5.21. The van der Waals surface area contributed by atoms with Crippen LogP contribution < -0.4 is 5.32 Å². The van der Waals surface area contributed by atoms with Gasteiger partial charge in [0.05, 0.1) is 13.2 Å². The highest BCUT2D eigenvalue weighted by molar-refractivity contribution is 5.76. The van der Waals surface area contributed by atoms with Gasteiger partial charge in [0.2, 0.25) is 5.91 Å². The number of ether oxygens (including phenoxy) is 1. The second-order valence-electron chi connectivity index (χ2n) is 7.04. The Kier molecular flexibility index (Phi) is 6.21. The first kappa shape index (κ1) is 17.4. The van der Waals surface area contributed by atoms with Gasteiger partial charge in [-0.15, -0.1) is 0 Å². The molecular weight excluding hydrogens is 302 g/mol. The lowest BCUT2D eigenvalue weighted by molar-refractivity contribution is -0.132. The Morgan fingerprint density at radius 1 is 1.29 bits per heavy atom. The number of carbonyl (C=O) groups is 1. The number of hydrogen-bond donors (Lipinski definition) is 1. The molecule has 5 heteroatoms. The fraction of sp³-hybridized carbons (Fsp3) is 0.684. The average Bonchev–Trinajstić information content (AvgIpc) is 3.03. The molecule has 0 bridgehead atoms. The predicted molar refractivity (Wildman–Crippen MR) is 93.7 cm³/mol. The van der Waals surface area contributed by atoms with Crippen molar-refractivity contribution in [3.63, 3.8) is 0 Å². The van der Waals surface area contributed by atoms with Gasteiger partial charge in [0.1, 0.15) is 0 Å². The number of amides is 1. The summed E-state index contributed by atoms with van der Waals surface area (Å²) in [5, 5.41) is 3.80. The van der Waals surface area contributed by atoms with E-state index in [4.69, 9.17) is 4.74 Å². The van der Waals surface area contributed by atoms with E-state index in [2.05, 4.69) is 29.4 Å². The zero-order chi connectivity index (χ0) is 16.8. The fourth-order valence-electron chi connectivity index (χ4n) is 3.78. The Morgan fingerprint density at radius 3 is 2.75 bits per heavy atom. The van der Waals surface area contributed by atoms with Crippen molar-refractivity contribution in [2.75, 3.05) is 26.3 Å². The van der Waals surface area contributed by atoms with E-state index in [-0.39, 0.29) is 0 Å². The van der Waals surface area contributed by atoms with Gasteiger partial charge in [0.15, 0.2) is 0 Å². The van der Waals surface area contributed by atoms with Crippen LogP contribution in [0.3, 0.4) is 0 Å². The molecule has 3 rings (SSSR count). The quantitative estimate of drug-likeness (QED) is 0.866. The molecule has 1 aromatic heterocycles. The standard InChI is InChI=1S/C19H29N3O2/c1-2-3-19(23)22-10-6-17(7-11-22)21-18-14-24-13-16(18)12-15-4-8-20-9-5-15/h4-5,8-9,16-18,21H,2-3,6-7,10-14H2,1H3/t16-,18+/m1/s1. The van der Waals surface area contributed by atoms with Crippen LogP contribution in [0.25, 0.3) is 0 Å². The Balaban J connectivity index is 1.46. The Labute approximate surface area is 144 Å². The molecule has 2 fully saturated rings. The van der Waals surface area contributed by atoms with Crippen LogP contribution in [0.15, 0.2) is 24.5 Å². The van der Waals surface area contributed by atoms with E-state index < -0.39 is 0 Å². The molecule has 0 spiro atoms. The summed E-state index contributed by atoms with van der Waals surface area (Å²) < 4.78 is 5.73. The van der Waals surface area contributed by atoms with Crippen molar-refractivity contribution in [2.24, 2.45) is 5.92 Å². The molecular formula is C19H29N3O2. The van der Waals surface area contributed by atoms with Crippen LogP contribution in [-0.4, -0.2) is 54.2 Å². The van der Waals surface area contributed by atoms with Crippen molar-refractivity contribution in [1.82, 2.24) is 15.2 Å². The zero-order valence-electron chi connectivity index (χ0n) is 14.6. The average molecular weight is 331 g/mol. The molecule has 0 unspecified atom stereocenters. The molecule has 2 atom stereocenters. The third-order valence-corrected chi connectivity index (χ3v) is 5.21. The number of likely N-dealkylation sites (tertiary alicyclic amines) is 1. The van der Waals surface area contributed by atoms with Crippen LogP contribution in [0.1, 0.15) is 38.2 Å².